The Balaban J connectivity index is 1.34. The van der Waals surface area contributed by atoms with E-state index in [-0.39, 0.29) is 29.7 Å². The maximum Gasteiger partial charge on any atom is 0.335 e. The van der Waals surface area contributed by atoms with E-state index < -0.39 is 12.0 Å². The number of aromatic carboxylic acids is 1. The minimum absolute atomic E-state index is 0.0352. The van der Waals surface area contributed by atoms with Crippen LogP contribution < -0.4 is 10.6 Å². The number of carbonyl (C=O) groups excluding carboxylic acids is 1. The van der Waals surface area contributed by atoms with E-state index in [1.165, 1.54) is 12.1 Å². The van der Waals surface area contributed by atoms with Crippen LogP contribution in [-0.4, -0.2) is 48.6 Å². The lowest BCUT2D eigenvalue weighted by molar-refractivity contribution is 0.0666. The Hall–Kier alpha value is -2.86. The van der Waals surface area contributed by atoms with E-state index >= 15 is 0 Å². The number of hydrogen-bond donors (Lipinski definition) is 3. The molecule has 2 fully saturated rings. The molecule has 0 spiro atoms. The number of fused-ring (bicyclic) bond motifs is 1. The van der Waals surface area contributed by atoms with Crippen molar-refractivity contribution in [3.63, 3.8) is 0 Å². The van der Waals surface area contributed by atoms with Crippen LogP contribution in [0.3, 0.4) is 0 Å². The highest BCUT2D eigenvalue weighted by Gasteiger charge is 2.47. The molecule has 4 rings (SSSR count). The Morgan fingerprint density at radius 2 is 2.04 bits per heavy atom. The molecule has 0 bridgehead atoms. The minimum Gasteiger partial charge on any atom is -0.478 e. The van der Waals surface area contributed by atoms with Gasteiger partial charge in [0.25, 0.3) is 0 Å². The van der Waals surface area contributed by atoms with E-state index in [0.717, 1.165) is 5.56 Å². The van der Waals surface area contributed by atoms with Gasteiger partial charge in [-0.15, -0.1) is 0 Å². The van der Waals surface area contributed by atoms with Crippen molar-refractivity contribution in [2.75, 3.05) is 18.5 Å². The Morgan fingerprint density at radius 3 is 2.82 bits per heavy atom. The van der Waals surface area contributed by atoms with Gasteiger partial charge in [0.15, 0.2) is 0 Å². The third-order valence-corrected chi connectivity index (χ3v) is 5.34. The van der Waals surface area contributed by atoms with Gasteiger partial charge in [-0.1, -0.05) is 17.9 Å². The first-order valence-corrected chi connectivity index (χ1v) is 9.72. The van der Waals surface area contributed by atoms with Crippen LogP contribution in [0.25, 0.3) is 0 Å². The summed E-state index contributed by atoms with van der Waals surface area (Å²) in [5.74, 6) is 5.26. The normalized spacial score (nSPS) is 25.4. The lowest BCUT2D eigenvalue weighted by atomic mass is 10.0. The van der Waals surface area contributed by atoms with Gasteiger partial charge >= 0.3 is 12.0 Å². The van der Waals surface area contributed by atoms with E-state index in [1.54, 1.807) is 23.5 Å². The maximum atomic E-state index is 12.3. The molecule has 2 aliphatic rings. The fourth-order valence-electron chi connectivity index (χ4n) is 3.32. The van der Waals surface area contributed by atoms with Crippen LogP contribution in [0.2, 0.25) is 0 Å². The summed E-state index contributed by atoms with van der Waals surface area (Å²) in [6.45, 7) is 0.807. The molecule has 0 unspecified atom stereocenters. The number of carboxylic acids is 1. The highest BCUT2D eigenvalue weighted by atomic mass is 32.1. The SMILES string of the molecule is O=C(Nc1cccc(C(=O)O)c1)N[C@H]1CO[C@H]2[C@@H]1OC[C@@H]2C#Cc1ccsc1. The molecule has 1 aromatic carbocycles. The van der Waals surface area contributed by atoms with Gasteiger partial charge in [0.05, 0.1) is 30.7 Å². The molecule has 0 saturated carbocycles. The molecule has 0 aliphatic carbocycles. The Kier molecular flexibility index (Phi) is 5.30. The van der Waals surface area contributed by atoms with Crippen LogP contribution in [0, 0.1) is 17.8 Å². The number of carboxylic acid groups (broad SMARTS) is 1. The zero-order valence-corrected chi connectivity index (χ0v) is 15.6. The quantitative estimate of drug-likeness (QED) is 0.690. The molecule has 2 aromatic rings. The second kappa shape index (κ2) is 8.02. The molecule has 2 saturated heterocycles. The topological polar surface area (TPSA) is 96.9 Å². The molecular weight excluding hydrogens is 380 g/mol. The van der Waals surface area contributed by atoms with Crippen molar-refractivity contribution in [2.45, 2.75) is 18.2 Å². The molecule has 144 valence electrons. The van der Waals surface area contributed by atoms with E-state index in [0.29, 0.717) is 18.9 Å². The lowest BCUT2D eigenvalue weighted by Gasteiger charge is -2.18. The highest BCUT2D eigenvalue weighted by Crippen LogP contribution is 2.31. The van der Waals surface area contributed by atoms with Crippen molar-refractivity contribution in [1.29, 1.82) is 0 Å². The zero-order valence-electron chi connectivity index (χ0n) is 14.8. The van der Waals surface area contributed by atoms with Crippen LogP contribution in [0.15, 0.2) is 41.1 Å². The van der Waals surface area contributed by atoms with Gasteiger partial charge in [-0.25, -0.2) is 9.59 Å². The van der Waals surface area contributed by atoms with Crippen molar-refractivity contribution in [3.05, 3.63) is 52.2 Å². The molecule has 2 aliphatic heterocycles. The van der Waals surface area contributed by atoms with Crippen molar-refractivity contribution in [1.82, 2.24) is 5.32 Å². The van der Waals surface area contributed by atoms with Gasteiger partial charge in [-0.2, -0.15) is 11.3 Å². The highest BCUT2D eigenvalue weighted by molar-refractivity contribution is 7.08. The van der Waals surface area contributed by atoms with Gasteiger partial charge in [0.2, 0.25) is 0 Å². The van der Waals surface area contributed by atoms with Crippen molar-refractivity contribution >= 4 is 29.0 Å². The van der Waals surface area contributed by atoms with E-state index in [4.69, 9.17) is 14.6 Å². The summed E-state index contributed by atoms with van der Waals surface area (Å²) in [5.41, 5.74) is 1.48. The first-order chi connectivity index (χ1) is 13.6. The molecule has 3 heterocycles. The average molecular weight is 398 g/mol. The number of carbonyl (C=O) groups is 2. The van der Waals surface area contributed by atoms with Crippen molar-refractivity contribution in [3.8, 4) is 11.8 Å². The summed E-state index contributed by atoms with van der Waals surface area (Å²) in [5, 5.41) is 18.5. The maximum absolute atomic E-state index is 12.3. The number of nitrogens with one attached hydrogen (secondary N) is 2. The summed E-state index contributed by atoms with van der Waals surface area (Å²) >= 11 is 1.60. The van der Waals surface area contributed by atoms with Gasteiger partial charge in [0.1, 0.15) is 12.2 Å². The van der Waals surface area contributed by atoms with Crippen LogP contribution >= 0.6 is 11.3 Å². The molecule has 3 N–H and O–H groups in total. The number of anilines is 1. The molecule has 4 atom stereocenters. The first kappa shape index (κ1) is 18.5. The first-order valence-electron chi connectivity index (χ1n) is 8.78. The largest absolute Gasteiger partial charge is 0.478 e. The van der Waals surface area contributed by atoms with E-state index in [9.17, 15) is 9.59 Å². The number of rotatable bonds is 3. The fourth-order valence-corrected chi connectivity index (χ4v) is 3.91. The van der Waals surface area contributed by atoms with Crippen LogP contribution in [-0.2, 0) is 9.47 Å². The van der Waals surface area contributed by atoms with Gasteiger partial charge in [-0.05, 0) is 29.6 Å². The summed E-state index contributed by atoms with van der Waals surface area (Å²) in [7, 11) is 0. The second-order valence-corrected chi connectivity index (χ2v) is 7.35. The standard InChI is InChI=1S/C20H18N2O5S/c23-19(24)13-2-1-3-15(8-13)21-20(25)22-16-10-27-17-14(9-26-18(16)17)5-4-12-6-7-28-11-12/h1-3,6-8,11,14,16-18H,9-10H2,(H,23,24)(H2,21,22,25)/t14-,16-,17+,18+/m0/s1. The number of amides is 2. The summed E-state index contributed by atoms with van der Waals surface area (Å²) in [6, 6.07) is 7.30. The third kappa shape index (κ3) is 4.02. The Labute approximate surface area is 165 Å². The van der Waals surface area contributed by atoms with Crippen LogP contribution in [0.4, 0.5) is 10.5 Å². The Morgan fingerprint density at radius 1 is 1.18 bits per heavy atom. The zero-order chi connectivity index (χ0) is 19.5. The van der Waals surface area contributed by atoms with E-state index in [1.807, 2.05) is 16.8 Å². The molecule has 8 heteroatoms. The number of ether oxygens (including phenoxy) is 2. The molecule has 7 nitrogen and oxygen atoms in total. The average Bonchev–Trinajstić information content (AvgIpc) is 3.40. The minimum atomic E-state index is -1.05. The summed E-state index contributed by atoms with van der Waals surface area (Å²) < 4.78 is 11.7. The molecule has 2 amide bonds. The second-order valence-electron chi connectivity index (χ2n) is 6.57. The molecule has 1 aromatic heterocycles. The predicted octanol–water partition coefficient (Wildman–Crippen LogP) is 2.40. The third-order valence-electron chi connectivity index (χ3n) is 4.66. The number of hydrogen-bond acceptors (Lipinski definition) is 5. The van der Waals surface area contributed by atoms with Gasteiger partial charge in [0, 0.05) is 16.6 Å². The Bertz CT molecular complexity index is 934. The lowest BCUT2D eigenvalue weighted by Crippen LogP contribution is -2.45. The molecule has 0 radical (unpaired) electrons. The molecule has 28 heavy (non-hydrogen) atoms. The monoisotopic (exact) mass is 398 g/mol. The fraction of sp³-hybridized carbons (Fsp3) is 0.300. The van der Waals surface area contributed by atoms with Gasteiger partial charge < -0.3 is 25.2 Å². The number of urea groups is 1. The summed E-state index contributed by atoms with van der Waals surface area (Å²) in [6.07, 6.45) is -0.426. The number of thiophene rings is 1. The smallest absolute Gasteiger partial charge is 0.335 e. The predicted molar refractivity (Wildman–Crippen MR) is 104 cm³/mol. The summed E-state index contributed by atoms with van der Waals surface area (Å²) in [4.78, 5) is 23.3. The van der Waals surface area contributed by atoms with Crippen LogP contribution in [0.5, 0.6) is 0 Å². The van der Waals surface area contributed by atoms with Crippen LogP contribution in [0.1, 0.15) is 15.9 Å². The van der Waals surface area contributed by atoms with E-state index in [2.05, 4.69) is 22.5 Å². The molecular formula is C20H18N2O5S. The van der Waals surface area contributed by atoms with Crippen molar-refractivity contribution in [2.24, 2.45) is 5.92 Å². The van der Waals surface area contributed by atoms with Gasteiger partial charge in [-0.3, -0.25) is 0 Å². The van der Waals surface area contributed by atoms with Crippen molar-refractivity contribution < 1.29 is 24.2 Å². The number of benzene rings is 1.